The van der Waals surface area contributed by atoms with Crippen LogP contribution in [0.5, 0.6) is 0 Å². The first kappa shape index (κ1) is 13.9. The van der Waals surface area contributed by atoms with Gasteiger partial charge >= 0.3 is 0 Å². The second-order valence-electron chi connectivity index (χ2n) is 4.92. The van der Waals surface area contributed by atoms with Gasteiger partial charge in [-0.1, -0.05) is 6.92 Å². The molecule has 1 N–H and O–H groups in total. The molecular formula is C13H28N2O. The van der Waals surface area contributed by atoms with Crippen molar-refractivity contribution in [2.75, 3.05) is 32.8 Å². The summed E-state index contributed by atoms with van der Waals surface area (Å²) in [5.41, 5.74) is 0. The van der Waals surface area contributed by atoms with E-state index in [1.54, 1.807) is 0 Å². The molecule has 0 aromatic rings. The van der Waals surface area contributed by atoms with Crippen LogP contribution >= 0.6 is 0 Å². The van der Waals surface area contributed by atoms with E-state index in [9.17, 15) is 0 Å². The molecule has 0 amide bonds. The molecule has 16 heavy (non-hydrogen) atoms. The highest BCUT2D eigenvalue weighted by Crippen LogP contribution is 2.10. The summed E-state index contributed by atoms with van der Waals surface area (Å²) in [5.74, 6) is 0. The van der Waals surface area contributed by atoms with Gasteiger partial charge in [0.2, 0.25) is 0 Å². The molecule has 1 heterocycles. The largest absolute Gasteiger partial charge is 0.377 e. The van der Waals surface area contributed by atoms with Crippen LogP contribution in [0.1, 0.15) is 40.0 Å². The van der Waals surface area contributed by atoms with Crippen molar-refractivity contribution in [2.45, 2.75) is 52.2 Å². The molecule has 0 radical (unpaired) electrons. The molecule has 0 bridgehead atoms. The SMILES string of the molecule is CCCNCCC(C)N1CCCOC(C)C1. The third kappa shape index (κ3) is 5.28. The second kappa shape index (κ2) is 8.04. The van der Waals surface area contributed by atoms with E-state index >= 15 is 0 Å². The highest BCUT2D eigenvalue weighted by Gasteiger charge is 2.19. The molecule has 1 rings (SSSR count). The Hall–Kier alpha value is -0.120. The Labute approximate surface area is 101 Å². The summed E-state index contributed by atoms with van der Waals surface area (Å²) >= 11 is 0. The highest BCUT2D eigenvalue weighted by atomic mass is 16.5. The van der Waals surface area contributed by atoms with Crippen molar-refractivity contribution in [3.63, 3.8) is 0 Å². The molecule has 2 unspecified atom stereocenters. The van der Waals surface area contributed by atoms with Crippen molar-refractivity contribution in [3.05, 3.63) is 0 Å². The highest BCUT2D eigenvalue weighted by molar-refractivity contribution is 4.73. The number of hydrogen-bond acceptors (Lipinski definition) is 3. The average molecular weight is 228 g/mol. The zero-order valence-corrected chi connectivity index (χ0v) is 11.2. The van der Waals surface area contributed by atoms with Crippen LogP contribution in [0.25, 0.3) is 0 Å². The van der Waals surface area contributed by atoms with Crippen LogP contribution < -0.4 is 5.32 Å². The van der Waals surface area contributed by atoms with Crippen molar-refractivity contribution >= 4 is 0 Å². The maximum absolute atomic E-state index is 5.67. The molecule has 0 spiro atoms. The fourth-order valence-corrected chi connectivity index (χ4v) is 2.22. The van der Waals surface area contributed by atoms with E-state index in [1.165, 1.54) is 25.8 Å². The lowest BCUT2D eigenvalue weighted by Crippen LogP contribution is -2.39. The topological polar surface area (TPSA) is 24.5 Å². The molecule has 3 nitrogen and oxygen atoms in total. The summed E-state index contributed by atoms with van der Waals surface area (Å²) in [6, 6.07) is 0.675. The molecule has 0 aromatic heterocycles. The van der Waals surface area contributed by atoms with E-state index in [0.717, 1.165) is 26.2 Å². The number of hydrogen-bond donors (Lipinski definition) is 1. The van der Waals surface area contributed by atoms with E-state index in [4.69, 9.17) is 4.74 Å². The maximum Gasteiger partial charge on any atom is 0.0673 e. The summed E-state index contributed by atoms with van der Waals surface area (Å²) in [4.78, 5) is 2.57. The molecule has 0 saturated carbocycles. The van der Waals surface area contributed by atoms with Gasteiger partial charge in [0.05, 0.1) is 6.10 Å². The Bertz CT molecular complexity index is 175. The molecule has 0 aliphatic carbocycles. The van der Waals surface area contributed by atoms with Crippen LogP contribution in [0.3, 0.4) is 0 Å². The van der Waals surface area contributed by atoms with E-state index < -0.39 is 0 Å². The number of nitrogens with one attached hydrogen (secondary N) is 1. The Kier molecular flexibility index (Phi) is 7.01. The minimum Gasteiger partial charge on any atom is -0.377 e. The van der Waals surface area contributed by atoms with Crippen LogP contribution in [0.2, 0.25) is 0 Å². The van der Waals surface area contributed by atoms with Crippen LogP contribution in [0, 0.1) is 0 Å². The molecular weight excluding hydrogens is 200 g/mol. The minimum absolute atomic E-state index is 0.397. The fraction of sp³-hybridized carbons (Fsp3) is 1.00. The molecule has 1 aliphatic rings. The van der Waals surface area contributed by atoms with Gasteiger partial charge in [0, 0.05) is 25.7 Å². The standard InChI is InChI=1S/C13H28N2O/c1-4-7-14-8-6-12(2)15-9-5-10-16-13(3)11-15/h12-14H,4-11H2,1-3H3. The number of rotatable bonds is 6. The van der Waals surface area contributed by atoms with Crippen LogP contribution in [-0.4, -0.2) is 49.8 Å². The molecule has 2 atom stereocenters. The predicted molar refractivity (Wildman–Crippen MR) is 68.8 cm³/mol. The van der Waals surface area contributed by atoms with E-state index in [1.807, 2.05) is 0 Å². The zero-order valence-electron chi connectivity index (χ0n) is 11.2. The van der Waals surface area contributed by atoms with Crippen LogP contribution in [-0.2, 0) is 4.74 Å². The molecule has 1 saturated heterocycles. The first-order valence-electron chi connectivity index (χ1n) is 6.80. The van der Waals surface area contributed by atoms with E-state index in [0.29, 0.717) is 12.1 Å². The normalized spacial score (nSPS) is 25.3. The van der Waals surface area contributed by atoms with Crippen LogP contribution in [0.4, 0.5) is 0 Å². The lowest BCUT2D eigenvalue weighted by molar-refractivity contribution is 0.0613. The maximum atomic E-state index is 5.67. The lowest BCUT2D eigenvalue weighted by atomic mass is 10.2. The molecule has 96 valence electrons. The van der Waals surface area contributed by atoms with Crippen molar-refractivity contribution < 1.29 is 4.74 Å². The van der Waals surface area contributed by atoms with Crippen molar-refractivity contribution in [1.82, 2.24) is 10.2 Å². The molecule has 3 heteroatoms. The van der Waals surface area contributed by atoms with Crippen LogP contribution in [0.15, 0.2) is 0 Å². The summed E-state index contributed by atoms with van der Waals surface area (Å²) in [6.45, 7) is 12.2. The minimum atomic E-state index is 0.397. The van der Waals surface area contributed by atoms with Gasteiger partial charge in [-0.2, -0.15) is 0 Å². The fourth-order valence-electron chi connectivity index (χ4n) is 2.22. The number of ether oxygens (including phenoxy) is 1. The smallest absolute Gasteiger partial charge is 0.0673 e. The van der Waals surface area contributed by atoms with E-state index in [-0.39, 0.29) is 0 Å². The van der Waals surface area contributed by atoms with Gasteiger partial charge in [0.25, 0.3) is 0 Å². The third-order valence-corrected chi connectivity index (χ3v) is 3.27. The van der Waals surface area contributed by atoms with Gasteiger partial charge in [-0.25, -0.2) is 0 Å². The Morgan fingerprint density at radius 1 is 1.44 bits per heavy atom. The third-order valence-electron chi connectivity index (χ3n) is 3.27. The summed E-state index contributed by atoms with van der Waals surface area (Å²) in [5, 5.41) is 3.47. The van der Waals surface area contributed by atoms with Gasteiger partial charge in [-0.3, -0.25) is 4.90 Å². The summed E-state index contributed by atoms with van der Waals surface area (Å²) in [6.07, 6.45) is 4.04. The molecule has 1 fully saturated rings. The van der Waals surface area contributed by atoms with Gasteiger partial charge in [-0.05, 0) is 46.2 Å². The Morgan fingerprint density at radius 3 is 3.00 bits per heavy atom. The summed E-state index contributed by atoms with van der Waals surface area (Å²) < 4.78 is 5.67. The van der Waals surface area contributed by atoms with Crippen molar-refractivity contribution in [3.8, 4) is 0 Å². The van der Waals surface area contributed by atoms with Crippen molar-refractivity contribution in [2.24, 2.45) is 0 Å². The average Bonchev–Trinajstić information content (AvgIpc) is 2.49. The van der Waals surface area contributed by atoms with Gasteiger partial charge in [0.1, 0.15) is 0 Å². The van der Waals surface area contributed by atoms with E-state index in [2.05, 4.69) is 31.0 Å². The summed E-state index contributed by atoms with van der Waals surface area (Å²) in [7, 11) is 0. The zero-order chi connectivity index (χ0) is 11.8. The van der Waals surface area contributed by atoms with Gasteiger partial charge in [0.15, 0.2) is 0 Å². The quantitative estimate of drug-likeness (QED) is 0.703. The van der Waals surface area contributed by atoms with Crippen molar-refractivity contribution in [1.29, 1.82) is 0 Å². The number of nitrogens with zero attached hydrogens (tertiary/aromatic N) is 1. The first-order valence-corrected chi connectivity index (χ1v) is 6.80. The molecule has 1 aliphatic heterocycles. The Balaban J connectivity index is 2.20. The Morgan fingerprint density at radius 2 is 2.25 bits per heavy atom. The second-order valence-corrected chi connectivity index (χ2v) is 4.92. The van der Waals surface area contributed by atoms with Gasteiger partial charge in [-0.15, -0.1) is 0 Å². The monoisotopic (exact) mass is 228 g/mol. The lowest BCUT2D eigenvalue weighted by Gasteiger charge is -2.28. The predicted octanol–water partition coefficient (Wildman–Crippen LogP) is 1.88. The molecule has 0 aromatic carbocycles. The first-order chi connectivity index (χ1) is 7.74. The van der Waals surface area contributed by atoms with Gasteiger partial charge < -0.3 is 10.1 Å².